The van der Waals surface area contributed by atoms with Crippen molar-refractivity contribution < 1.29 is 4.42 Å². The van der Waals surface area contributed by atoms with Gasteiger partial charge in [-0.05, 0) is 24.7 Å². The Morgan fingerprint density at radius 2 is 2.11 bits per heavy atom. The highest BCUT2D eigenvalue weighted by molar-refractivity contribution is 5.18. The van der Waals surface area contributed by atoms with Gasteiger partial charge in [0.25, 0.3) is 0 Å². The van der Waals surface area contributed by atoms with E-state index in [1.807, 2.05) is 0 Å². The highest BCUT2D eigenvalue weighted by Crippen LogP contribution is 2.43. The van der Waals surface area contributed by atoms with E-state index in [1.165, 1.54) is 25.7 Å². The van der Waals surface area contributed by atoms with Gasteiger partial charge in [-0.25, -0.2) is 0 Å². The molecular formula is C13H24N4O. The first-order valence-electron chi connectivity index (χ1n) is 6.93. The van der Waals surface area contributed by atoms with Crippen LogP contribution in [0.3, 0.4) is 0 Å². The molecule has 2 rings (SSSR count). The van der Waals surface area contributed by atoms with Gasteiger partial charge in [0.05, 0.1) is 6.54 Å². The van der Waals surface area contributed by atoms with E-state index in [-0.39, 0.29) is 0 Å². The van der Waals surface area contributed by atoms with Crippen LogP contribution in [0.15, 0.2) is 4.42 Å². The topological polar surface area (TPSA) is 63.0 Å². The molecule has 18 heavy (non-hydrogen) atoms. The molecule has 0 atom stereocenters. The molecule has 5 nitrogen and oxygen atoms in total. The van der Waals surface area contributed by atoms with Gasteiger partial charge >= 0.3 is 6.01 Å². The summed E-state index contributed by atoms with van der Waals surface area (Å²) >= 11 is 0. The van der Waals surface area contributed by atoms with Crippen LogP contribution in [0.1, 0.15) is 52.3 Å². The molecule has 5 heteroatoms. The van der Waals surface area contributed by atoms with Crippen LogP contribution in [-0.4, -0.2) is 22.8 Å². The highest BCUT2D eigenvalue weighted by Gasteiger charge is 2.35. The summed E-state index contributed by atoms with van der Waals surface area (Å²) in [6.07, 6.45) is 5.19. The molecule has 1 fully saturated rings. The van der Waals surface area contributed by atoms with Gasteiger partial charge in [-0.2, -0.15) is 0 Å². The number of hydrogen-bond donors (Lipinski definition) is 2. The summed E-state index contributed by atoms with van der Waals surface area (Å²) in [6.45, 7) is 8.02. The lowest BCUT2D eigenvalue weighted by atomic mass is 9.67. The first kappa shape index (κ1) is 13.3. The minimum Gasteiger partial charge on any atom is -0.407 e. The van der Waals surface area contributed by atoms with Crippen molar-refractivity contribution in [2.75, 3.05) is 11.9 Å². The summed E-state index contributed by atoms with van der Waals surface area (Å²) in [7, 11) is 0. The summed E-state index contributed by atoms with van der Waals surface area (Å²) in [5, 5.41) is 14.6. The third kappa shape index (κ3) is 3.22. The Balaban J connectivity index is 1.79. The molecule has 0 aromatic carbocycles. The monoisotopic (exact) mass is 252 g/mol. The molecule has 0 radical (unpaired) electrons. The summed E-state index contributed by atoms with van der Waals surface area (Å²) in [5.41, 5.74) is 0.463. The molecule has 2 N–H and O–H groups in total. The van der Waals surface area contributed by atoms with Crippen molar-refractivity contribution in [3.05, 3.63) is 5.89 Å². The van der Waals surface area contributed by atoms with Gasteiger partial charge in [0.1, 0.15) is 0 Å². The van der Waals surface area contributed by atoms with E-state index in [1.54, 1.807) is 0 Å². The molecule has 0 unspecified atom stereocenters. The van der Waals surface area contributed by atoms with Gasteiger partial charge in [-0.1, -0.05) is 32.3 Å². The quantitative estimate of drug-likeness (QED) is 0.781. The summed E-state index contributed by atoms with van der Waals surface area (Å²) in [6, 6.07) is 0.974. The Hall–Kier alpha value is -1.10. The number of anilines is 1. The third-order valence-electron chi connectivity index (χ3n) is 3.91. The Morgan fingerprint density at radius 1 is 1.33 bits per heavy atom. The largest absolute Gasteiger partial charge is 0.407 e. The second-order valence-electron chi connectivity index (χ2n) is 5.60. The molecule has 0 amide bonds. The van der Waals surface area contributed by atoms with Crippen LogP contribution < -0.4 is 10.6 Å². The second kappa shape index (κ2) is 5.69. The predicted molar refractivity (Wildman–Crippen MR) is 71.3 cm³/mol. The molecule has 1 aromatic rings. The lowest BCUT2D eigenvalue weighted by Gasteiger charge is -2.41. The van der Waals surface area contributed by atoms with Crippen molar-refractivity contribution in [1.29, 1.82) is 0 Å². The number of nitrogens with zero attached hydrogens (tertiary/aromatic N) is 2. The Labute approximate surface area is 109 Å². The van der Waals surface area contributed by atoms with Crippen LogP contribution in [0.25, 0.3) is 0 Å². The van der Waals surface area contributed by atoms with Crippen molar-refractivity contribution in [3.63, 3.8) is 0 Å². The van der Waals surface area contributed by atoms with Crippen LogP contribution in [0, 0.1) is 5.41 Å². The van der Waals surface area contributed by atoms with Crippen molar-refractivity contribution >= 4 is 6.01 Å². The lowest BCUT2D eigenvalue weighted by Crippen LogP contribution is -2.35. The average Bonchev–Trinajstić information content (AvgIpc) is 2.74. The summed E-state index contributed by atoms with van der Waals surface area (Å²) < 4.78 is 5.55. The van der Waals surface area contributed by atoms with E-state index >= 15 is 0 Å². The van der Waals surface area contributed by atoms with Gasteiger partial charge in [0, 0.05) is 12.6 Å². The van der Waals surface area contributed by atoms with E-state index in [9.17, 15) is 0 Å². The van der Waals surface area contributed by atoms with E-state index < -0.39 is 0 Å². The Bertz CT molecular complexity index is 365. The molecule has 102 valence electrons. The molecule has 0 saturated heterocycles. The normalized spacial score (nSPS) is 17.8. The molecular weight excluding hydrogens is 228 g/mol. The van der Waals surface area contributed by atoms with Crippen LogP contribution >= 0.6 is 0 Å². The molecule has 1 aliphatic carbocycles. The third-order valence-corrected chi connectivity index (χ3v) is 3.91. The first-order valence-corrected chi connectivity index (χ1v) is 6.93. The highest BCUT2D eigenvalue weighted by atomic mass is 16.4. The second-order valence-corrected chi connectivity index (χ2v) is 5.60. The van der Waals surface area contributed by atoms with E-state index in [2.05, 4.69) is 41.6 Å². The standard InChI is InChI=1S/C13H24N4O/c1-4-13(6-5-7-13)9-15-12-17-16-11(18-12)8-14-10(2)3/h10,14H,4-9H2,1-3H3,(H,15,17). The Morgan fingerprint density at radius 3 is 2.67 bits per heavy atom. The maximum absolute atomic E-state index is 5.55. The van der Waals surface area contributed by atoms with Gasteiger partial charge in [-0.3, -0.25) is 0 Å². The van der Waals surface area contributed by atoms with Gasteiger partial charge in [0.15, 0.2) is 0 Å². The van der Waals surface area contributed by atoms with E-state index in [0.29, 0.717) is 29.9 Å². The zero-order chi connectivity index (χ0) is 13.0. The lowest BCUT2D eigenvalue weighted by molar-refractivity contribution is 0.144. The number of nitrogens with one attached hydrogen (secondary N) is 2. The van der Waals surface area contributed by atoms with Crippen LogP contribution in [0.4, 0.5) is 6.01 Å². The molecule has 1 aliphatic rings. The van der Waals surface area contributed by atoms with E-state index in [0.717, 1.165) is 6.54 Å². The van der Waals surface area contributed by atoms with Gasteiger partial charge < -0.3 is 15.1 Å². The van der Waals surface area contributed by atoms with Gasteiger partial charge in [0.2, 0.25) is 5.89 Å². The molecule has 1 aromatic heterocycles. The van der Waals surface area contributed by atoms with Gasteiger partial charge in [-0.15, -0.1) is 5.10 Å². The van der Waals surface area contributed by atoms with Crippen molar-refractivity contribution in [3.8, 4) is 0 Å². The predicted octanol–water partition coefficient (Wildman–Crippen LogP) is 2.56. The van der Waals surface area contributed by atoms with Crippen molar-refractivity contribution in [2.45, 2.75) is 59.0 Å². The summed E-state index contributed by atoms with van der Waals surface area (Å²) in [4.78, 5) is 0. The molecule has 1 heterocycles. The maximum atomic E-state index is 5.55. The minimum atomic E-state index is 0.423. The Kier molecular flexibility index (Phi) is 4.22. The molecule has 0 spiro atoms. The fourth-order valence-electron chi connectivity index (χ4n) is 2.28. The van der Waals surface area contributed by atoms with Crippen LogP contribution in [0.2, 0.25) is 0 Å². The molecule has 1 saturated carbocycles. The van der Waals surface area contributed by atoms with Crippen LogP contribution in [0.5, 0.6) is 0 Å². The average molecular weight is 252 g/mol. The molecule has 0 bridgehead atoms. The first-order chi connectivity index (χ1) is 8.63. The van der Waals surface area contributed by atoms with Crippen molar-refractivity contribution in [2.24, 2.45) is 5.41 Å². The number of aromatic nitrogens is 2. The summed E-state index contributed by atoms with van der Waals surface area (Å²) in [5.74, 6) is 0.644. The van der Waals surface area contributed by atoms with E-state index in [4.69, 9.17) is 4.42 Å². The smallest absolute Gasteiger partial charge is 0.315 e. The molecule has 0 aliphatic heterocycles. The number of rotatable bonds is 7. The zero-order valence-corrected chi connectivity index (χ0v) is 11.6. The fourth-order valence-corrected chi connectivity index (χ4v) is 2.28. The fraction of sp³-hybridized carbons (Fsp3) is 0.846. The number of hydrogen-bond acceptors (Lipinski definition) is 5. The van der Waals surface area contributed by atoms with Crippen LogP contribution in [-0.2, 0) is 6.54 Å². The zero-order valence-electron chi connectivity index (χ0n) is 11.6. The van der Waals surface area contributed by atoms with Crippen molar-refractivity contribution in [1.82, 2.24) is 15.5 Å². The SMILES string of the molecule is CCC1(CNc2nnc(CNC(C)C)o2)CCC1. The minimum absolute atomic E-state index is 0.423. The maximum Gasteiger partial charge on any atom is 0.315 e.